The third kappa shape index (κ3) is 3.33. The molecular weight excluding hydrogens is 318 g/mol. The molecule has 0 atom stereocenters. The summed E-state index contributed by atoms with van der Waals surface area (Å²) in [5.74, 6) is 1.07. The summed E-state index contributed by atoms with van der Waals surface area (Å²) in [6.45, 7) is 1.80. The average Bonchev–Trinajstić information content (AvgIpc) is 3.09. The number of benzene rings is 2. The van der Waals surface area contributed by atoms with Gasteiger partial charge in [0.1, 0.15) is 11.5 Å². The summed E-state index contributed by atoms with van der Waals surface area (Å²) >= 11 is 0. The number of carbonyl (C=O) groups excluding carboxylic acids is 1. The highest BCUT2D eigenvalue weighted by molar-refractivity contribution is 6.08. The molecule has 25 heavy (non-hydrogen) atoms. The molecular formula is C19H19N3O3. The summed E-state index contributed by atoms with van der Waals surface area (Å²) < 4.78 is 10.6. The molecule has 2 N–H and O–H groups in total. The highest BCUT2D eigenvalue weighted by Crippen LogP contribution is 2.24. The average molecular weight is 337 g/mol. The van der Waals surface area contributed by atoms with Gasteiger partial charge < -0.3 is 14.5 Å². The zero-order valence-electron chi connectivity index (χ0n) is 14.3. The highest BCUT2D eigenvalue weighted by atomic mass is 16.5. The number of carbonyl (C=O) groups is 1. The number of rotatable bonds is 5. The van der Waals surface area contributed by atoms with Gasteiger partial charge in [-0.05, 0) is 31.2 Å². The first-order chi connectivity index (χ1) is 12.1. The minimum absolute atomic E-state index is 0.279. The van der Waals surface area contributed by atoms with Crippen LogP contribution in [0.1, 0.15) is 22.8 Å². The molecule has 0 fully saturated rings. The van der Waals surface area contributed by atoms with Crippen molar-refractivity contribution in [1.82, 2.24) is 10.4 Å². The van der Waals surface area contributed by atoms with E-state index in [1.165, 1.54) is 0 Å². The molecule has 128 valence electrons. The molecule has 0 saturated carbocycles. The second-order valence-corrected chi connectivity index (χ2v) is 5.45. The lowest BCUT2D eigenvalue weighted by Gasteiger charge is -2.10. The normalized spacial score (nSPS) is 11.4. The maximum atomic E-state index is 12.4. The summed E-state index contributed by atoms with van der Waals surface area (Å²) in [6.07, 6.45) is 1.68. The summed E-state index contributed by atoms with van der Waals surface area (Å²) in [7, 11) is 3.18. The van der Waals surface area contributed by atoms with Crippen molar-refractivity contribution in [3.8, 4) is 11.5 Å². The number of hydrazone groups is 1. The maximum absolute atomic E-state index is 12.4. The number of methoxy groups -OCH3 is 2. The van der Waals surface area contributed by atoms with Gasteiger partial charge in [0, 0.05) is 22.7 Å². The van der Waals surface area contributed by atoms with Gasteiger partial charge in [-0.3, -0.25) is 4.79 Å². The van der Waals surface area contributed by atoms with Gasteiger partial charge in [-0.2, -0.15) is 5.10 Å². The van der Waals surface area contributed by atoms with Crippen molar-refractivity contribution in [3.63, 3.8) is 0 Å². The zero-order valence-corrected chi connectivity index (χ0v) is 14.3. The number of hydrogen-bond acceptors (Lipinski definition) is 4. The van der Waals surface area contributed by atoms with Crippen molar-refractivity contribution in [2.45, 2.75) is 6.92 Å². The molecule has 0 radical (unpaired) electrons. The molecule has 0 aliphatic rings. The molecule has 6 heteroatoms. The fourth-order valence-electron chi connectivity index (χ4n) is 2.61. The topological polar surface area (TPSA) is 75.7 Å². The summed E-state index contributed by atoms with van der Waals surface area (Å²) in [5.41, 5.74) is 5.41. The van der Waals surface area contributed by atoms with Crippen LogP contribution < -0.4 is 14.9 Å². The lowest BCUT2D eigenvalue weighted by molar-refractivity contribution is 0.0956. The molecule has 0 saturated heterocycles. The van der Waals surface area contributed by atoms with Crippen LogP contribution in [0.25, 0.3) is 10.9 Å². The smallest absolute Gasteiger partial charge is 0.273 e. The molecule has 0 aliphatic heterocycles. The minimum atomic E-state index is -0.279. The van der Waals surface area contributed by atoms with Gasteiger partial charge in [-0.15, -0.1) is 0 Å². The Bertz CT molecular complexity index is 944. The number of H-pyrrole nitrogens is 1. The third-order valence-electron chi connectivity index (χ3n) is 3.96. The van der Waals surface area contributed by atoms with Crippen LogP contribution in [-0.4, -0.2) is 30.8 Å². The predicted molar refractivity (Wildman–Crippen MR) is 97.5 cm³/mol. The minimum Gasteiger partial charge on any atom is -0.497 e. The Morgan fingerprint density at radius 1 is 1.08 bits per heavy atom. The van der Waals surface area contributed by atoms with Crippen LogP contribution in [0.2, 0.25) is 0 Å². The van der Waals surface area contributed by atoms with Gasteiger partial charge in [0.25, 0.3) is 5.91 Å². The first-order valence-electron chi connectivity index (χ1n) is 7.77. The molecule has 1 aromatic heterocycles. The van der Waals surface area contributed by atoms with Crippen LogP contribution in [0.15, 0.2) is 53.8 Å². The molecule has 0 unspecified atom stereocenters. The largest absolute Gasteiger partial charge is 0.497 e. The Morgan fingerprint density at radius 3 is 2.64 bits per heavy atom. The van der Waals surface area contributed by atoms with Gasteiger partial charge in [0.05, 0.1) is 25.5 Å². The van der Waals surface area contributed by atoms with E-state index in [-0.39, 0.29) is 5.91 Å². The molecule has 1 amide bonds. The van der Waals surface area contributed by atoms with E-state index in [0.717, 1.165) is 16.5 Å². The molecule has 2 aromatic carbocycles. The van der Waals surface area contributed by atoms with Crippen molar-refractivity contribution in [3.05, 3.63) is 59.8 Å². The quantitative estimate of drug-likeness (QED) is 0.554. The number of nitrogens with zero attached hydrogens (tertiary/aromatic N) is 1. The van der Waals surface area contributed by atoms with Crippen molar-refractivity contribution in [2.75, 3.05) is 14.2 Å². The molecule has 6 nitrogen and oxygen atoms in total. The van der Waals surface area contributed by atoms with E-state index in [4.69, 9.17) is 9.47 Å². The second-order valence-electron chi connectivity index (χ2n) is 5.45. The number of aromatic nitrogens is 1. The maximum Gasteiger partial charge on any atom is 0.273 e. The lowest BCUT2D eigenvalue weighted by Crippen LogP contribution is -2.19. The van der Waals surface area contributed by atoms with E-state index in [9.17, 15) is 4.79 Å². The van der Waals surface area contributed by atoms with E-state index in [1.54, 1.807) is 39.5 Å². The van der Waals surface area contributed by atoms with E-state index >= 15 is 0 Å². The molecule has 0 spiro atoms. The van der Waals surface area contributed by atoms with E-state index in [0.29, 0.717) is 22.8 Å². The van der Waals surface area contributed by atoms with Crippen LogP contribution in [0.5, 0.6) is 11.5 Å². The van der Waals surface area contributed by atoms with Gasteiger partial charge in [-0.1, -0.05) is 18.2 Å². The van der Waals surface area contributed by atoms with Gasteiger partial charge in [0.2, 0.25) is 0 Å². The number of aromatic amines is 1. The lowest BCUT2D eigenvalue weighted by atomic mass is 10.1. The standard InChI is InChI=1S/C19H19N3O3/c1-12(15-10-13(24-2)8-9-18(15)25-3)21-22-19(23)16-11-20-17-7-5-4-6-14(16)17/h4-11,20H,1-3H3,(H,22,23). The van der Waals surface area contributed by atoms with Crippen LogP contribution in [0.3, 0.4) is 0 Å². The van der Waals surface area contributed by atoms with E-state index < -0.39 is 0 Å². The van der Waals surface area contributed by atoms with Gasteiger partial charge in [-0.25, -0.2) is 5.43 Å². The van der Waals surface area contributed by atoms with Crippen LogP contribution >= 0.6 is 0 Å². The van der Waals surface area contributed by atoms with Gasteiger partial charge >= 0.3 is 0 Å². The van der Waals surface area contributed by atoms with Gasteiger partial charge in [0.15, 0.2) is 0 Å². The first-order valence-corrected chi connectivity index (χ1v) is 7.77. The Morgan fingerprint density at radius 2 is 1.88 bits per heavy atom. The highest BCUT2D eigenvalue weighted by Gasteiger charge is 2.12. The predicted octanol–water partition coefficient (Wildman–Crippen LogP) is 3.34. The number of ether oxygens (including phenoxy) is 2. The molecule has 0 bridgehead atoms. The summed E-state index contributed by atoms with van der Waals surface area (Å²) in [6, 6.07) is 13.0. The van der Waals surface area contributed by atoms with Crippen LogP contribution in [0.4, 0.5) is 0 Å². The summed E-state index contributed by atoms with van der Waals surface area (Å²) in [5, 5.41) is 5.06. The third-order valence-corrected chi connectivity index (χ3v) is 3.96. The number of amides is 1. The monoisotopic (exact) mass is 337 g/mol. The van der Waals surface area contributed by atoms with Crippen molar-refractivity contribution in [2.24, 2.45) is 5.10 Å². The molecule has 3 rings (SSSR count). The van der Waals surface area contributed by atoms with Crippen molar-refractivity contribution < 1.29 is 14.3 Å². The zero-order chi connectivity index (χ0) is 17.8. The van der Waals surface area contributed by atoms with Crippen molar-refractivity contribution in [1.29, 1.82) is 0 Å². The Kier molecular flexibility index (Phi) is 4.70. The van der Waals surface area contributed by atoms with Crippen LogP contribution in [0, 0.1) is 0 Å². The Labute approximate surface area is 145 Å². The fourth-order valence-corrected chi connectivity index (χ4v) is 2.61. The fraction of sp³-hybridized carbons (Fsp3) is 0.158. The van der Waals surface area contributed by atoms with E-state index in [1.807, 2.05) is 30.3 Å². The molecule has 1 heterocycles. The number of hydrogen-bond donors (Lipinski definition) is 2. The van der Waals surface area contributed by atoms with Crippen molar-refractivity contribution >= 4 is 22.5 Å². The number of para-hydroxylation sites is 1. The van der Waals surface area contributed by atoms with Crippen LogP contribution in [-0.2, 0) is 0 Å². The summed E-state index contributed by atoms with van der Waals surface area (Å²) in [4.78, 5) is 15.5. The molecule has 3 aromatic rings. The molecule has 0 aliphatic carbocycles. The Balaban J connectivity index is 1.85. The Hall–Kier alpha value is -3.28. The second kappa shape index (κ2) is 7.09. The SMILES string of the molecule is COc1ccc(OC)c(C(C)=NNC(=O)c2c[nH]c3ccccc23)c1. The number of nitrogens with one attached hydrogen (secondary N) is 2. The first kappa shape index (κ1) is 16.6. The van der Waals surface area contributed by atoms with E-state index in [2.05, 4.69) is 15.5 Å². The number of fused-ring (bicyclic) bond motifs is 1.